The third kappa shape index (κ3) is 11.9. The van der Waals surface area contributed by atoms with Crippen molar-refractivity contribution in [2.24, 2.45) is 0 Å². The number of phosphoric acid groups is 1. The predicted molar refractivity (Wildman–Crippen MR) is 220 cm³/mol. The number of carbonyl (C=O) groups excluding carboxylic acids is 3. The highest BCUT2D eigenvalue weighted by molar-refractivity contribution is 7.46. The molecule has 1 unspecified atom stereocenters. The van der Waals surface area contributed by atoms with Gasteiger partial charge in [-0.15, -0.1) is 5.06 Å². The first-order valence-electron chi connectivity index (χ1n) is 20.0. The fraction of sp³-hybridized carbons (Fsp3) is 0.537. The number of para-hydroxylation sites is 1. The van der Waals surface area contributed by atoms with Crippen molar-refractivity contribution in [3.05, 3.63) is 53.3 Å². The van der Waals surface area contributed by atoms with E-state index >= 15 is 0 Å². The summed E-state index contributed by atoms with van der Waals surface area (Å²) in [5.74, 6) is -1.22. The van der Waals surface area contributed by atoms with E-state index in [1.807, 2.05) is 30.5 Å². The first-order valence-corrected chi connectivity index (χ1v) is 21.6. The molecule has 1 atom stereocenters. The van der Waals surface area contributed by atoms with Gasteiger partial charge in [0.1, 0.15) is 11.3 Å². The van der Waals surface area contributed by atoms with Gasteiger partial charge >= 0.3 is 13.8 Å². The van der Waals surface area contributed by atoms with Crippen LogP contribution in [0.25, 0.3) is 21.9 Å². The Bertz CT molecular complexity index is 2200. The van der Waals surface area contributed by atoms with E-state index in [0.29, 0.717) is 54.1 Å². The number of amides is 2. The van der Waals surface area contributed by atoms with Gasteiger partial charge in [-0.2, -0.15) is 0 Å². The average Bonchev–Trinajstić information content (AvgIpc) is 3.68. The van der Waals surface area contributed by atoms with Crippen LogP contribution in [0.1, 0.15) is 116 Å². The van der Waals surface area contributed by atoms with Crippen LogP contribution in [0.15, 0.2) is 36.4 Å². The number of anilines is 1. The molecule has 2 aromatic heterocycles. The van der Waals surface area contributed by atoms with Crippen LogP contribution in [-0.4, -0.2) is 82.4 Å². The molecule has 1 saturated heterocycles. The third-order valence-corrected chi connectivity index (χ3v) is 10.9. The van der Waals surface area contributed by atoms with Gasteiger partial charge in [0.05, 0.1) is 24.0 Å². The molecule has 0 spiro atoms. The largest absolute Gasteiger partial charge is 0.524 e. The number of aryl methyl sites for hydroxylation is 1. The summed E-state index contributed by atoms with van der Waals surface area (Å²) in [7, 11) is -4.90. The van der Waals surface area contributed by atoms with Gasteiger partial charge in [0, 0.05) is 55.4 Å². The van der Waals surface area contributed by atoms with E-state index in [1.165, 1.54) is 6.07 Å². The number of aromatic nitrogens is 3. The number of nitrogen functional groups attached to an aromatic ring is 1. The number of hydrogen-bond acceptors (Lipinski definition) is 12. The van der Waals surface area contributed by atoms with Crippen molar-refractivity contribution in [2.45, 2.75) is 129 Å². The van der Waals surface area contributed by atoms with Crippen LogP contribution >= 0.6 is 7.82 Å². The van der Waals surface area contributed by atoms with Gasteiger partial charge in [-0.25, -0.2) is 19.3 Å². The molecule has 17 nitrogen and oxygen atoms in total. The summed E-state index contributed by atoms with van der Waals surface area (Å²) in [6.45, 7) is 11.4. The number of aliphatic hydroxyl groups is 1. The fourth-order valence-corrected chi connectivity index (χ4v) is 7.66. The number of hydroxylamine groups is 2. The number of fused-ring (bicyclic) bond motifs is 3. The Kier molecular flexibility index (Phi) is 14.6. The topological polar surface area (TPSA) is 249 Å². The van der Waals surface area contributed by atoms with Crippen molar-refractivity contribution >= 4 is 53.4 Å². The number of carbonyl (C=O) groups is 3. The second-order valence-corrected chi connectivity index (χ2v) is 17.5. The van der Waals surface area contributed by atoms with Crippen molar-refractivity contribution in [1.82, 2.24) is 24.9 Å². The molecule has 59 heavy (non-hydrogen) atoms. The van der Waals surface area contributed by atoms with Gasteiger partial charge in [0.25, 0.3) is 5.91 Å². The van der Waals surface area contributed by atoms with E-state index in [-0.39, 0.29) is 60.9 Å². The number of nitrogens with one attached hydrogen (secondary N) is 1. The van der Waals surface area contributed by atoms with Gasteiger partial charge in [-0.1, -0.05) is 51.5 Å². The normalized spacial score (nSPS) is 15.0. The lowest BCUT2D eigenvalue weighted by Gasteiger charge is -2.27. The maximum Gasteiger partial charge on any atom is 0.524 e. The van der Waals surface area contributed by atoms with E-state index < -0.39 is 31.5 Å². The zero-order chi connectivity index (χ0) is 43.1. The van der Waals surface area contributed by atoms with Crippen LogP contribution in [0.5, 0.6) is 11.5 Å². The van der Waals surface area contributed by atoms with Crippen LogP contribution in [0.4, 0.5) is 5.82 Å². The Morgan fingerprint density at radius 2 is 1.76 bits per heavy atom. The molecule has 18 heteroatoms. The van der Waals surface area contributed by atoms with Gasteiger partial charge < -0.3 is 39.9 Å². The Hall–Kier alpha value is -4.80. The molecule has 4 aromatic rings. The molecule has 1 aliphatic rings. The summed E-state index contributed by atoms with van der Waals surface area (Å²) in [5, 5.41) is 25.1. The summed E-state index contributed by atoms with van der Waals surface area (Å²) in [6.07, 6.45) is 4.25. The molecule has 322 valence electrons. The van der Waals surface area contributed by atoms with Gasteiger partial charge in [-0.05, 0) is 69.1 Å². The molecule has 0 saturated carbocycles. The minimum atomic E-state index is -4.90. The number of rotatable bonds is 21. The number of phenolic OH excluding ortho intramolecular Hbond substituents is 1. The number of nitrogens with two attached hydrogens (primary N) is 1. The van der Waals surface area contributed by atoms with E-state index in [4.69, 9.17) is 29.8 Å². The van der Waals surface area contributed by atoms with Crippen LogP contribution in [-0.2, 0) is 46.9 Å². The van der Waals surface area contributed by atoms with Crippen LogP contribution in [0.2, 0.25) is 0 Å². The molecule has 1 aliphatic heterocycles. The number of nitrogens with zero attached hydrogens (tertiary/aromatic N) is 4. The van der Waals surface area contributed by atoms with E-state index in [2.05, 4.69) is 32.2 Å². The fourth-order valence-electron chi connectivity index (χ4n) is 7.25. The quantitative estimate of drug-likeness (QED) is 0.0438. The predicted octanol–water partition coefficient (Wildman–Crippen LogP) is 5.66. The van der Waals surface area contributed by atoms with E-state index in [9.17, 15) is 38.9 Å². The Morgan fingerprint density at radius 3 is 2.44 bits per heavy atom. The zero-order valence-electron chi connectivity index (χ0n) is 34.4. The van der Waals surface area contributed by atoms with E-state index in [0.717, 1.165) is 48.0 Å². The first kappa shape index (κ1) is 45.3. The number of ether oxygens (including phenoxy) is 1. The zero-order valence-corrected chi connectivity index (χ0v) is 35.3. The molecule has 2 amide bonds. The summed E-state index contributed by atoms with van der Waals surface area (Å²) in [6, 6.07) is 10.7. The smallest absolute Gasteiger partial charge is 0.504 e. The highest BCUT2D eigenvalue weighted by Crippen LogP contribution is 2.43. The second-order valence-electron chi connectivity index (χ2n) is 16.3. The number of aromatic hydroxyl groups is 1. The van der Waals surface area contributed by atoms with Gasteiger partial charge in [0.2, 0.25) is 5.91 Å². The van der Waals surface area contributed by atoms with Gasteiger partial charge in [-0.3, -0.25) is 19.4 Å². The minimum Gasteiger partial charge on any atom is -0.504 e. The molecule has 7 N–H and O–H groups in total. The van der Waals surface area contributed by atoms with Gasteiger partial charge in [0.15, 0.2) is 23.5 Å². The standard InChI is InChI=1S/C41H57N6O11P/c1-6-7-13-31-44-36-37(46(31)25-26-11-8-12-30(38(26)52)58-59(53,54)55)28-15-14-27(24-29(28)43-39(36)42)40(2,3)20-9-22-56-23-10-21-41(4,5)45-32(48)16-19-35(51)57-47-33(49)17-18-34(47)50/h8,11-12,14-15,24,33,49,52H,6-7,9-10,13,16-23,25H2,1-5H3,(H2,42,43)(H,45,48)(H2,53,54,55). The average molecular weight is 841 g/mol. The maximum atomic E-state index is 12.5. The molecule has 0 radical (unpaired) electrons. The summed E-state index contributed by atoms with van der Waals surface area (Å²) in [5.41, 5.74) is 9.21. The Balaban J connectivity index is 1.16. The first-order chi connectivity index (χ1) is 27.8. The molecule has 3 heterocycles. The number of imidazole rings is 1. The lowest BCUT2D eigenvalue weighted by atomic mass is 9.80. The molecule has 5 rings (SSSR count). The number of phosphoric ester groups is 1. The highest BCUT2D eigenvalue weighted by atomic mass is 31.2. The highest BCUT2D eigenvalue weighted by Gasteiger charge is 2.33. The van der Waals surface area contributed by atoms with Crippen molar-refractivity contribution in [2.75, 3.05) is 18.9 Å². The van der Waals surface area contributed by atoms with Crippen molar-refractivity contribution in [3.63, 3.8) is 0 Å². The lowest BCUT2D eigenvalue weighted by Crippen LogP contribution is -2.43. The summed E-state index contributed by atoms with van der Waals surface area (Å²) >= 11 is 0. The molecule has 0 aliphatic carbocycles. The number of hydrogen-bond donors (Lipinski definition) is 6. The monoisotopic (exact) mass is 840 g/mol. The molecule has 0 bridgehead atoms. The van der Waals surface area contributed by atoms with Crippen molar-refractivity contribution < 1.29 is 53.0 Å². The number of benzene rings is 2. The summed E-state index contributed by atoms with van der Waals surface area (Å²) in [4.78, 5) is 69.5. The number of pyridine rings is 1. The maximum absolute atomic E-state index is 12.5. The van der Waals surface area contributed by atoms with Crippen LogP contribution in [0.3, 0.4) is 0 Å². The Labute approximate surface area is 343 Å². The number of phenols is 1. The molecular weight excluding hydrogens is 783 g/mol. The number of unbranched alkanes of at least 4 members (excludes halogenated alkanes) is 1. The number of aliphatic hydroxyl groups excluding tert-OH is 1. The molecular formula is C41H57N6O11P. The molecule has 2 aromatic carbocycles. The lowest BCUT2D eigenvalue weighted by molar-refractivity contribution is -0.220. The molecule has 1 fully saturated rings. The second kappa shape index (κ2) is 19.1. The summed E-state index contributed by atoms with van der Waals surface area (Å²) < 4.78 is 24.2. The van der Waals surface area contributed by atoms with Crippen LogP contribution < -0.4 is 15.6 Å². The minimum absolute atomic E-state index is 0.101. The third-order valence-electron chi connectivity index (χ3n) is 10.5. The Morgan fingerprint density at radius 1 is 1.03 bits per heavy atom. The van der Waals surface area contributed by atoms with E-state index in [1.54, 1.807) is 12.1 Å². The van der Waals surface area contributed by atoms with Crippen LogP contribution in [0, 0.1) is 0 Å². The van der Waals surface area contributed by atoms with Crippen molar-refractivity contribution in [3.8, 4) is 11.5 Å². The SMILES string of the molecule is CCCCc1nc2c(N)nc3cc(C(C)(C)CCCOCCCC(C)(C)NC(=O)CCC(=O)ON4C(=O)CCC4O)ccc3c2n1Cc1cccc(OP(=O)(O)O)c1O. The van der Waals surface area contributed by atoms with Crippen molar-refractivity contribution in [1.29, 1.82) is 0 Å².